The fraction of sp³-hybridized carbons (Fsp3) is 0.444. The van der Waals surface area contributed by atoms with Crippen molar-refractivity contribution in [2.75, 3.05) is 31.1 Å². The van der Waals surface area contributed by atoms with Crippen molar-refractivity contribution in [2.24, 2.45) is 0 Å². The molecule has 0 radical (unpaired) electrons. The zero-order valence-electron chi connectivity index (χ0n) is 14.3. The van der Waals surface area contributed by atoms with Crippen molar-refractivity contribution in [1.82, 2.24) is 19.9 Å². The van der Waals surface area contributed by atoms with Gasteiger partial charge in [0.05, 0.1) is 23.6 Å². The number of β-amino-alcohol motifs (C(OH)–C–C–N with tert-alkyl or cyclic N) is 1. The highest BCUT2D eigenvalue weighted by atomic mass is 19.1. The van der Waals surface area contributed by atoms with Crippen LogP contribution in [0.5, 0.6) is 0 Å². The van der Waals surface area contributed by atoms with Gasteiger partial charge < -0.3 is 14.9 Å². The molecule has 1 amide bonds. The molecule has 0 aliphatic carbocycles. The number of carbonyl (C=O) groups excluding carboxylic acids is 1. The van der Waals surface area contributed by atoms with E-state index < -0.39 is 5.82 Å². The minimum Gasteiger partial charge on any atom is -0.391 e. The number of pyridine rings is 1. The average molecular weight is 357 g/mol. The summed E-state index contributed by atoms with van der Waals surface area (Å²) in [6.45, 7) is 2.36. The van der Waals surface area contributed by atoms with Crippen LogP contribution in [0.1, 0.15) is 28.0 Å². The summed E-state index contributed by atoms with van der Waals surface area (Å²) in [5, 5.41) is 9.81. The summed E-state index contributed by atoms with van der Waals surface area (Å²) in [4.78, 5) is 29.1. The predicted molar refractivity (Wildman–Crippen MR) is 92.4 cm³/mol. The van der Waals surface area contributed by atoms with Crippen LogP contribution in [-0.2, 0) is 12.8 Å². The Kier molecular flexibility index (Phi) is 4.50. The van der Waals surface area contributed by atoms with Gasteiger partial charge in [-0.05, 0) is 18.9 Å². The minimum absolute atomic E-state index is 0.226. The van der Waals surface area contributed by atoms with E-state index in [1.807, 2.05) is 0 Å². The van der Waals surface area contributed by atoms with Crippen LogP contribution in [0, 0.1) is 5.82 Å². The van der Waals surface area contributed by atoms with Crippen LogP contribution in [-0.4, -0.2) is 63.1 Å². The molecule has 0 bridgehead atoms. The second-order valence-electron chi connectivity index (χ2n) is 6.70. The Hall–Kier alpha value is -2.61. The lowest BCUT2D eigenvalue weighted by Gasteiger charge is -2.21. The maximum Gasteiger partial charge on any atom is 0.255 e. The molecule has 136 valence electrons. The van der Waals surface area contributed by atoms with Gasteiger partial charge in [0.2, 0.25) is 0 Å². The fourth-order valence-corrected chi connectivity index (χ4v) is 3.63. The Balaban J connectivity index is 1.55. The van der Waals surface area contributed by atoms with Gasteiger partial charge in [0, 0.05) is 44.4 Å². The Morgan fingerprint density at radius 1 is 1.19 bits per heavy atom. The Morgan fingerprint density at radius 3 is 2.81 bits per heavy atom. The fourth-order valence-electron chi connectivity index (χ4n) is 3.63. The maximum absolute atomic E-state index is 13.4. The summed E-state index contributed by atoms with van der Waals surface area (Å²) >= 11 is 0. The molecule has 1 atom stereocenters. The molecule has 0 unspecified atom stereocenters. The molecule has 7 nitrogen and oxygen atoms in total. The van der Waals surface area contributed by atoms with E-state index >= 15 is 0 Å². The smallest absolute Gasteiger partial charge is 0.255 e. The molecule has 1 N–H and O–H groups in total. The Morgan fingerprint density at radius 2 is 2.04 bits per heavy atom. The zero-order valence-corrected chi connectivity index (χ0v) is 14.3. The molecule has 1 fully saturated rings. The van der Waals surface area contributed by atoms with E-state index in [-0.39, 0.29) is 17.6 Å². The lowest BCUT2D eigenvalue weighted by Crippen LogP contribution is -2.33. The van der Waals surface area contributed by atoms with Gasteiger partial charge in [-0.1, -0.05) is 0 Å². The van der Waals surface area contributed by atoms with Gasteiger partial charge in [-0.3, -0.25) is 9.78 Å². The van der Waals surface area contributed by atoms with E-state index in [4.69, 9.17) is 0 Å². The Labute approximate surface area is 150 Å². The van der Waals surface area contributed by atoms with E-state index in [0.717, 1.165) is 36.2 Å². The Bertz CT molecular complexity index is 831. The van der Waals surface area contributed by atoms with Crippen LogP contribution in [0.15, 0.2) is 24.8 Å². The van der Waals surface area contributed by atoms with Crippen molar-refractivity contribution in [1.29, 1.82) is 0 Å². The number of nitrogens with zero attached hydrogens (tertiary/aromatic N) is 5. The molecule has 2 aromatic rings. The van der Waals surface area contributed by atoms with Crippen molar-refractivity contribution in [3.63, 3.8) is 0 Å². The second kappa shape index (κ2) is 6.95. The van der Waals surface area contributed by atoms with Crippen LogP contribution in [0.25, 0.3) is 0 Å². The van der Waals surface area contributed by atoms with Crippen molar-refractivity contribution in [2.45, 2.75) is 25.4 Å². The van der Waals surface area contributed by atoms with Gasteiger partial charge in [0.1, 0.15) is 18.0 Å². The predicted octanol–water partition coefficient (Wildman–Crippen LogP) is 0.823. The number of rotatable bonds is 2. The number of aromatic nitrogens is 3. The first-order valence-corrected chi connectivity index (χ1v) is 8.77. The minimum atomic E-state index is -0.519. The van der Waals surface area contributed by atoms with Crippen LogP contribution in [0.4, 0.5) is 10.2 Å². The zero-order chi connectivity index (χ0) is 18.1. The lowest BCUT2D eigenvalue weighted by atomic mass is 10.1. The third kappa shape index (κ3) is 3.24. The topological polar surface area (TPSA) is 82.5 Å². The number of halogens is 1. The number of aliphatic hydroxyl groups is 1. The van der Waals surface area contributed by atoms with E-state index in [1.165, 1.54) is 12.3 Å². The molecule has 0 aromatic carbocycles. The number of carbonyl (C=O) groups is 1. The highest BCUT2D eigenvalue weighted by Crippen LogP contribution is 2.27. The molecule has 2 aliphatic rings. The molecular formula is C18H20FN5O2. The number of hydrogen-bond donors (Lipinski definition) is 1. The molecule has 26 heavy (non-hydrogen) atoms. The number of amides is 1. The number of fused-ring (bicyclic) bond motifs is 1. The highest BCUT2D eigenvalue weighted by molar-refractivity contribution is 5.94. The highest BCUT2D eigenvalue weighted by Gasteiger charge is 2.27. The third-order valence-electron chi connectivity index (χ3n) is 4.96. The maximum atomic E-state index is 13.4. The van der Waals surface area contributed by atoms with E-state index in [1.54, 1.807) is 11.2 Å². The van der Waals surface area contributed by atoms with Crippen LogP contribution < -0.4 is 4.90 Å². The lowest BCUT2D eigenvalue weighted by molar-refractivity contribution is 0.0762. The van der Waals surface area contributed by atoms with Gasteiger partial charge in [0.15, 0.2) is 0 Å². The molecule has 4 heterocycles. The van der Waals surface area contributed by atoms with E-state index in [9.17, 15) is 14.3 Å². The molecule has 4 rings (SSSR count). The molecule has 0 saturated carbocycles. The number of anilines is 1. The van der Waals surface area contributed by atoms with Gasteiger partial charge >= 0.3 is 0 Å². The quantitative estimate of drug-likeness (QED) is 0.857. The molecule has 1 saturated heterocycles. The average Bonchev–Trinajstić information content (AvgIpc) is 2.95. The summed E-state index contributed by atoms with van der Waals surface area (Å²) in [6.07, 6.45) is 5.68. The van der Waals surface area contributed by atoms with Crippen molar-refractivity contribution < 1.29 is 14.3 Å². The molecule has 2 aliphatic heterocycles. The van der Waals surface area contributed by atoms with Crippen LogP contribution >= 0.6 is 0 Å². The largest absolute Gasteiger partial charge is 0.391 e. The van der Waals surface area contributed by atoms with E-state index in [0.29, 0.717) is 32.5 Å². The summed E-state index contributed by atoms with van der Waals surface area (Å²) in [5.41, 5.74) is 2.23. The number of hydrogen-bond acceptors (Lipinski definition) is 6. The molecule has 0 spiro atoms. The summed E-state index contributed by atoms with van der Waals surface area (Å²) in [6, 6.07) is 1.21. The normalized spacial score (nSPS) is 20.0. The molecule has 2 aromatic heterocycles. The van der Waals surface area contributed by atoms with Gasteiger partial charge in [0.25, 0.3) is 5.91 Å². The second-order valence-corrected chi connectivity index (χ2v) is 6.70. The van der Waals surface area contributed by atoms with Gasteiger partial charge in [-0.25, -0.2) is 14.4 Å². The van der Waals surface area contributed by atoms with Crippen LogP contribution in [0.2, 0.25) is 0 Å². The van der Waals surface area contributed by atoms with E-state index in [2.05, 4.69) is 19.9 Å². The summed E-state index contributed by atoms with van der Waals surface area (Å²) in [7, 11) is 0. The summed E-state index contributed by atoms with van der Waals surface area (Å²) in [5.74, 6) is 0.110. The monoisotopic (exact) mass is 357 g/mol. The third-order valence-corrected chi connectivity index (χ3v) is 4.96. The first kappa shape index (κ1) is 16.8. The number of aliphatic hydroxyl groups excluding tert-OH is 1. The van der Waals surface area contributed by atoms with Crippen molar-refractivity contribution >= 4 is 11.7 Å². The van der Waals surface area contributed by atoms with Crippen LogP contribution in [0.3, 0.4) is 0 Å². The first-order valence-electron chi connectivity index (χ1n) is 8.77. The summed E-state index contributed by atoms with van der Waals surface area (Å²) < 4.78 is 13.4. The van der Waals surface area contributed by atoms with Crippen molar-refractivity contribution in [3.05, 3.63) is 47.4 Å². The van der Waals surface area contributed by atoms with Crippen molar-refractivity contribution in [3.8, 4) is 0 Å². The SMILES string of the molecule is O=C(c1cncc(F)c1)N1CCc2ncnc(N3CC[C@@H](O)C3)c2CC1. The van der Waals surface area contributed by atoms with Gasteiger partial charge in [-0.15, -0.1) is 0 Å². The molecular weight excluding hydrogens is 337 g/mol. The van der Waals surface area contributed by atoms with Gasteiger partial charge in [-0.2, -0.15) is 0 Å². The first-order chi connectivity index (χ1) is 12.6. The standard InChI is InChI=1S/C18H20FN5O2/c19-13-7-12(8-20-9-13)18(26)23-5-2-15-16(3-6-23)21-11-22-17(15)24-4-1-14(25)10-24/h7-9,11,14,25H,1-6,10H2/t14-/m1/s1. The molecule has 8 heteroatoms.